The van der Waals surface area contributed by atoms with Crippen LogP contribution in [-0.4, -0.2) is 20.7 Å². The van der Waals surface area contributed by atoms with Crippen molar-refractivity contribution in [2.45, 2.75) is 4.82 Å². The fourth-order valence-corrected chi connectivity index (χ4v) is 3.24. The van der Waals surface area contributed by atoms with E-state index in [0.717, 1.165) is 5.71 Å². The molecule has 0 saturated carbocycles. The molecule has 0 radical (unpaired) electrons. The molecule has 1 aliphatic carbocycles. The summed E-state index contributed by atoms with van der Waals surface area (Å²) in [5.41, 5.74) is 0.852. The number of hydrogen-bond donors (Lipinski definition) is 1. The molecule has 0 spiro atoms. The van der Waals surface area contributed by atoms with Crippen LogP contribution in [0.2, 0.25) is 4.82 Å². The molecule has 1 nitrogen and oxygen atoms in total. The first kappa shape index (κ1) is 9.44. The predicted molar refractivity (Wildman–Crippen MR) is 60.8 cm³/mol. The fourth-order valence-electron chi connectivity index (χ4n) is 1.27. The molecular formula is C12H12NSe+. The Morgan fingerprint density at radius 2 is 1.64 bits per heavy atom. The van der Waals surface area contributed by atoms with Gasteiger partial charge in [-0.3, -0.25) is 0 Å². The molecule has 0 amide bonds. The van der Waals surface area contributed by atoms with Gasteiger partial charge in [0.1, 0.15) is 0 Å². The molecule has 70 valence electrons. The van der Waals surface area contributed by atoms with Gasteiger partial charge in [-0.2, -0.15) is 0 Å². The Morgan fingerprint density at radius 3 is 2.29 bits per heavy atom. The summed E-state index contributed by atoms with van der Waals surface area (Å²) in [6.45, 7) is 0. The summed E-state index contributed by atoms with van der Waals surface area (Å²) in [6.07, 6.45) is 8.36. The molecule has 0 bridgehead atoms. The molecule has 0 saturated heterocycles. The van der Waals surface area contributed by atoms with E-state index < -0.39 is 0 Å². The van der Waals surface area contributed by atoms with Gasteiger partial charge in [-0.05, 0) is 0 Å². The van der Waals surface area contributed by atoms with Crippen LogP contribution < -0.4 is 9.87 Å². The molecule has 2 rings (SSSR count). The number of benzene rings is 1. The zero-order chi connectivity index (χ0) is 9.80. The molecule has 0 atom stereocenters. The summed E-state index contributed by atoms with van der Waals surface area (Å²) >= 11 is 0.481. The van der Waals surface area contributed by atoms with Crippen molar-refractivity contribution in [1.29, 1.82) is 0 Å². The van der Waals surface area contributed by atoms with Gasteiger partial charge in [0.25, 0.3) is 0 Å². The maximum absolute atomic E-state index is 5.64. The molecular weight excluding hydrogens is 237 g/mol. The van der Waals surface area contributed by atoms with Gasteiger partial charge in [0.2, 0.25) is 0 Å². The Hall–Kier alpha value is -1.11. The predicted octanol–water partition coefficient (Wildman–Crippen LogP) is 0.131. The van der Waals surface area contributed by atoms with Crippen molar-refractivity contribution >= 4 is 25.1 Å². The van der Waals surface area contributed by atoms with Gasteiger partial charge in [0.15, 0.2) is 0 Å². The van der Waals surface area contributed by atoms with Crippen LogP contribution in [0.1, 0.15) is 0 Å². The first-order chi connectivity index (χ1) is 6.84. The molecule has 14 heavy (non-hydrogen) atoms. The van der Waals surface area contributed by atoms with Crippen LogP contribution in [0.5, 0.6) is 0 Å². The van der Waals surface area contributed by atoms with Crippen LogP contribution in [0.15, 0.2) is 54.6 Å². The minimum absolute atomic E-state index is 0.481. The number of nitrogens with two attached hydrogens (primary N) is 1. The molecule has 1 aromatic rings. The number of hydrogen-bond acceptors (Lipinski definition) is 0. The monoisotopic (exact) mass is 250 g/mol. The van der Waals surface area contributed by atoms with E-state index >= 15 is 0 Å². The zero-order valence-electron chi connectivity index (χ0n) is 7.76. The van der Waals surface area contributed by atoms with E-state index in [0.29, 0.717) is 19.8 Å². The van der Waals surface area contributed by atoms with Crippen molar-refractivity contribution in [3.8, 4) is 0 Å². The third kappa shape index (κ3) is 2.44. The van der Waals surface area contributed by atoms with Crippen molar-refractivity contribution in [3.05, 3.63) is 54.6 Å². The van der Waals surface area contributed by atoms with Crippen LogP contribution in [0.3, 0.4) is 0 Å². The Morgan fingerprint density at radius 1 is 1.00 bits per heavy atom. The van der Waals surface area contributed by atoms with Crippen LogP contribution in [-0.2, 0) is 0 Å². The van der Waals surface area contributed by atoms with Gasteiger partial charge in [0, 0.05) is 0 Å². The summed E-state index contributed by atoms with van der Waals surface area (Å²) in [7, 11) is 0. The summed E-state index contributed by atoms with van der Waals surface area (Å²) in [6, 6.07) is 10.6. The minimum atomic E-state index is 0.481. The van der Waals surface area contributed by atoms with Gasteiger partial charge >= 0.3 is 90.0 Å². The molecule has 0 unspecified atom stereocenters. The van der Waals surface area contributed by atoms with Crippen molar-refractivity contribution in [2.24, 2.45) is 0 Å². The zero-order valence-corrected chi connectivity index (χ0v) is 9.47. The van der Waals surface area contributed by atoms with Crippen LogP contribution >= 0.6 is 0 Å². The van der Waals surface area contributed by atoms with Gasteiger partial charge < -0.3 is 0 Å². The first-order valence-corrected chi connectivity index (χ1v) is 6.40. The van der Waals surface area contributed by atoms with E-state index in [1.807, 2.05) is 12.2 Å². The van der Waals surface area contributed by atoms with E-state index in [2.05, 4.69) is 42.5 Å². The summed E-state index contributed by atoms with van der Waals surface area (Å²) in [5.74, 6) is 0. The Labute approximate surface area is 90.2 Å². The number of allylic oxidation sites excluding steroid dienone is 4. The average Bonchev–Trinajstić information content (AvgIpc) is 2.23. The Kier molecular flexibility index (Phi) is 2.97. The quantitative estimate of drug-likeness (QED) is 0.721. The molecule has 2 N–H and O–H groups in total. The van der Waals surface area contributed by atoms with Crippen molar-refractivity contribution in [1.82, 2.24) is 0 Å². The van der Waals surface area contributed by atoms with Crippen LogP contribution in [0, 0.1) is 0 Å². The second-order valence-electron chi connectivity index (χ2n) is 3.11. The summed E-state index contributed by atoms with van der Waals surface area (Å²) < 4.78 is 1.43. The molecule has 2 heteroatoms. The SMILES string of the molecule is [NH2+]=C1C=CC([Se]c2ccccc2)C=C1. The first-order valence-electron chi connectivity index (χ1n) is 4.55. The Bertz CT molecular complexity index is 363. The van der Waals surface area contributed by atoms with Crippen molar-refractivity contribution in [2.75, 3.05) is 0 Å². The summed E-state index contributed by atoms with van der Waals surface area (Å²) in [5, 5.41) is 5.64. The third-order valence-corrected chi connectivity index (χ3v) is 4.34. The normalized spacial score (nSPS) is 16.1. The molecule has 0 fully saturated rings. The molecule has 0 heterocycles. The second-order valence-corrected chi connectivity index (χ2v) is 5.74. The van der Waals surface area contributed by atoms with Gasteiger partial charge in [-0.15, -0.1) is 0 Å². The van der Waals surface area contributed by atoms with E-state index in [-0.39, 0.29) is 0 Å². The number of rotatable bonds is 2. The van der Waals surface area contributed by atoms with Crippen molar-refractivity contribution < 1.29 is 5.41 Å². The average molecular weight is 249 g/mol. The fraction of sp³-hybridized carbons (Fsp3) is 0.0833. The molecule has 0 aliphatic heterocycles. The topological polar surface area (TPSA) is 25.6 Å². The van der Waals surface area contributed by atoms with E-state index in [4.69, 9.17) is 5.41 Å². The van der Waals surface area contributed by atoms with Crippen molar-refractivity contribution in [3.63, 3.8) is 0 Å². The van der Waals surface area contributed by atoms with E-state index in [9.17, 15) is 0 Å². The summed E-state index contributed by atoms with van der Waals surface area (Å²) in [4.78, 5) is 0.553. The molecule has 1 aliphatic rings. The van der Waals surface area contributed by atoms with Crippen LogP contribution in [0.4, 0.5) is 0 Å². The van der Waals surface area contributed by atoms with Crippen LogP contribution in [0.25, 0.3) is 0 Å². The van der Waals surface area contributed by atoms with E-state index in [1.165, 1.54) is 4.46 Å². The maximum atomic E-state index is 5.64. The van der Waals surface area contributed by atoms with E-state index in [1.54, 1.807) is 0 Å². The standard InChI is InChI=1S/C12H11NSe/c13-10-6-8-12(9-7-10)14-11-4-2-1-3-5-11/h1-9,12-13H/p+1. The van der Waals surface area contributed by atoms with Gasteiger partial charge in [-0.25, -0.2) is 0 Å². The van der Waals surface area contributed by atoms with Gasteiger partial charge in [-0.1, -0.05) is 0 Å². The Balaban J connectivity index is 2.03. The molecule has 0 aromatic heterocycles. The third-order valence-electron chi connectivity index (χ3n) is 1.97. The second kappa shape index (κ2) is 4.41. The van der Waals surface area contributed by atoms with Gasteiger partial charge in [0.05, 0.1) is 0 Å². The molecule has 1 aromatic carbocycles.